The number of piperidine rings is 1. The van der Waals surface area contributed by atoms with Gasteiger partial charge in [0.25, 0.3) is 5.91 Å². The Hall–Kier alpha value is -2.79. The van der Waals surface area contributed by atoms with Crippen LogP contribution in [-0.2, 0) is 4.79 Å². The summed E-state index contributed by atoms with van der Waals surface area (Å²) in [5.74, 6) is -0.512. The van der Waals surface area contributed by atoms with Crippen LogP contribution >= 0.6 is 0 Å². The highest BCUT2D eigenvalue weighted by atomic mass is 19.1. The van der Waals surface area contributed by atoms with Crippen LogP contribution in [0.5, 0.6) is 0 Å². The predicted octanol–water partition coefficient (Wildman–Crippen LogP) is 2.76. The summed E-state index contributed by atoms with van der Waals surface area (Å²) < 4.78 is 13.9. The van der Waals surface area contributed by atoms with Crippen LogP contribution in [0, 0.1) is 23.1 Å². The Bertz CT molecular complexity index is 956. The summed E-state index contributed by atoms with van der Waals surface area (Å²) in [7, 11) is 2.00. The van der Waals surface area contributed by atoms with Crippen LogP contribution in [-0.4, -0.2) is 54.3 Å². The maximum atomic E-state index is 13.9. The van der Waals surface area contributed by atoms with Crippen LogP contribution < -0.4 is 10.6 Å². The maximum absolute atomic E-state index is 13.9. The Kier molecular flexibility index (Phi) is 6.56. The molecule has 2 N–H and O–H groups in total. The van der Waals surface area contributed by atoms with Gasteiger partial charge in [-0.3, -0.25) is 14.6 Å². The third-order valence-corrected chi connectivity index (χ3v) is 7.00. The zero-order valence-corrected chi connectivity index (χ0v) is 18.5. The SMILES string of the molecule is CN1CCC(C#N)(NC(=O)C(CC2CCCCC2)N=C2NC(=O)c3ccc(F)cc32)CC1. The number of carbonyl (C=O) groups excluding carboxylic acids is 2. The molecule has 3 aliphatic rings. The van der Waals surface area contributed by atoms with E-state index in [-0.39, 0.29) is 17.6 Å². The molecule has 2 aliphatic heterocycles. The van der Waals surface area contributed by atoms with E-state index >= 15 is 0 Å². The molecule has 0 bridgehead atoms. The van der Waals surface area contributed by atoms with E-state index < -0.39 is 17.4 Å². The molecule has 1 aliphatic carbocycles. The van der Waals surface area contributed by atoms with Crippen molar-refractivity contribution in [3.63, 3.8) is 0 Å². The minimum Gasteiger partial charge on any atom is -0.336 e. The highest BCUT2D eigenvalue weighted by molar-refractivity contribution is 6.23. The molecule has 7 nitrogen and oxygen atoms in total. The van der Waals surface area contributed by atoms with Gasteiger partial charge in [0.1, 0.15) is 23.2 Å². The number of amides is 2. The van der Waals surface area contributed by atoms with Gasteiger partial charge < -0.3 is 15.5 Å². The number of fused-ring (bicyclic) bond motifs is 1. The Morgan fingerprint density at radius 1 is 1.31 bits per heavy atom. The van der Waals surface area contributed by atoms with Crippen LogP contribution in [0.15, 0.2) is 23.2 Å². The molecular weight excluding hydrogens is 409 g/mol. The van der Waals surface area contributed by atoms with Crippen LogP contribution in [0.2, 0.25) is 0 Å². The Morgan fingerprint density at radius 3 is 2.72 bits per heavy atom. The van der Waals surface area contributed by atoms with E-state index in [1.807, 2.05) is 7.05 Å². The van der Waals surface area contributed by atoms with E-state index in [1.54, 1.807) is 0 Å². The van der Waals surface area contributed by atoms with E-state index in [9.17, 15) is 19.2 Å². The second-order valence-corrected chi connectivity index (χ2v) is 9.36. The molecule has 32 heavy (non-hydrogen) atoms. The third kappa shape index (κ3) is 4.83. The summed E-state index contributed by atoms with van der Waals surface area (Å²) in [6.45, 7) is 1.47. The number of nitriles is 1. The second kappa shape index (κ2) is 9.37. The summed E-state index contributed by atoms with van der Waals surface area (Å²) in [5.41, 5.74) is -0.172. The van der Waals surface area contributed by atoms with Crippen molar-refractivity contribution < 1.29 is 14.0 Å². The monoisotopic (exact) mass is 439 g/mol. The van der Waals surface area contributed by atoms with Gasteiger partial charge in [0.15, 0.2) is 0 Å². The summed E-state index contributed by atoms with van der Waals surface area (Å²) in [6.07, 6.45) is 7.23. The van der Waals surface area contributed by atoms with Crippen molar-refractivity contribution in [2.75, 3.05) is 20.1 Å². The van der Waals surface area contributed by atoms with Gasteiger partial charge in [0, 0.05) is 18.7 Å². The average molecular weight is 440 g/mol. The molecule has 1 atom stereocenters. The van der Waals surface area contributed by atoms with Crippen LogP contribution in [0.25, 0.3) is 0 Å². The van der Waals surface area contributed by atoms with Gasteiger partial charge in [-0.25, -0.2) is 4.39 Å². The van der Waals surface area contributed by atoms with Crippen molar-refractivity contribution in [2.24, 2.45) is 10.9 Å². The van der Waals surface area contributed by atoms with Crippen molar-refractivity contribution in [3.8, 4) is 6.07 Å². The number of carbonyl (C=O) groups is 2. The quantitative estimate of drug-likeness (QED) is 0.737. The summed E-state index contributed by atoms with van der Waals surface area (Å²) >= 11 is 0. The van der Waals surface area contributed by atoms with E-state index in [1.165, 1.54) is 24.6 Å². The number of rotatable bonds is 5. The highest BCUT2D eigenvalue weighted by Crippen LogP contribution is 2.30. The summed E-state index contributed by atoms with van der Waals surface area (Å²) in [5, 5.41) is 15.5. The van der Waals surface area contributed by atoms with E-state index in [4.69, 9.17) is 0 Å². The fourth-order valence-corrected chi connectivity index (χ4v) is 4.95. The molecule has 0 spiro atoms. The van der Waals surface area contributed by atoms with Gasteiger partial charge in [-0.1, -0.05) is 32.1 Å². The largest absolute Gasteiger partial charge is 0.336 e. The van der Waals surface area contributed by atoms with Crippen molar-refractivity contribution >= 4 is 17.6 Å². The van der Waals surface area contributed by atoms with Crippen LogP contribution in [0.1, 0.15) is 67.3 Å². The first-order valence-corrected chi connectivity index (χ1v) is 11.5. The number of halogens is 1. The number of benzene rings is 1. The number of amidine groups is 1. The van der Waals surface area contributed by atoms with Gasteiger partial charge in [0.05, 0.1) is 11.6 Å². The smallest absolute Gasteiger partial charge is 0.257 e. The van der Waals surface area contributed by atoms with Crippen molar-refractivity contribution in [3.05, 3.63) is 35.1 Å². The molecule has 1 unspecified atom stereocenters. The van der Waals surface area contributed by atoms with Crippen LogP contribution in [0.4, 0.5) is 4.39 Å². The highest BCUT2D eigenvalue weighted by Gasteiger charge is 2.38. The fraction of sp³-hybridized carbons (Fsp3) is 0.583. The molecule has 8 heteroatoms. The molecule has 1 aromatic rings. The number of likely N-dealkylation sites (tertiary alicyclic amines) is 1. The first kappa shape index (κ1) is 22.4. The second-order valence-electron chi connectivity index (χ2n) is 9.36. The fourth-order valence-electron chi connectivity index (χ4n) is 4.95. The Morgan fingerprint density at radius 2 is 2.03 bits per heavy atom. The van der Waals surface area contributed by atoms with E-state index in [0.717, 1.165) is 38.8 Å². The molecule has 4 rings (SSSR count). The molecule has 2 amide bonds. The molecule has 2 heterocycles. The van der Waals surface area contributed by atoms with E-state index in [2.05, 4.69) is 26.6 Å². The predicted molar refractivity (Wildman–Crippen MR) is 119 cm³/mol. The molecule has 1 saturated heterocycles. The zero-order chi connectivity index (χ0) is 22.7. The Labute approximate surface area is 188 Å². The minimum atomic E-state index is -0.905. The van der Waals surface area contributed by atoms with Crippen molar-refractivity contribution in [2.45, 2.75) is 62.9 Å². The lowest BCUT2D eigenvalue weighted by atomic mass is 9.84. The summed E-state index contributed by atoms with van der Waals surface area (Å²) in [6, 6.07) is 5.53. The number of nitrogens with one attached hydrogen (secondary N) is 2. The first-order valence-electron chi connectivity index (χ1n) is 11.5. The maximum Gasteiger partial charge on any atom is 0.257 e. The molecule has 1 aromatic carbocycles. The Balaban J connectivity index is 1.60. The van der Waals surface area contributed by atoms with Gasteiger partial charge in [-0.15, -0.1) is 0 Å². The lowest BCUT2D eigenvalue weighted by Gasteiger charge is -2.37. The van der Waals surface area contributed by atoms with Crippen molar-refractivity contribution in [1.82, 2.24) is 15.5 Å². The zero-order valence-electron chi connectivity index (χ0n) is 18.5. The molecule has 0 aromatic heterocycles. The van der Waals surface area contributed by atoms with Gasteiger partial charge >= 0.3 is 0 Å². The van der Waals surface area contributed by atoms with Gasteiger partial charge in [-0.2, -0.15) is 5.26 Å². The molecule has 2 fully saturated rings. The lowest BCUT2D eigenvalue weighted by molar-refractivity contribution is -0.124. The third-order valence-electron chi connectivity index (χ3n) is 7.00. The van der Waals surface area contributed by atoms with Gasteiger partial charge in [0.2, 0.25) is 5.91 Å². The normalized spacial score (nSPS) is 23.3. The molecule has 0 radical (unpaired) electrons. The standard InChI is InChI=1S/C24H30FN5O2/c1-30-11-9-24(15-26,10-12-30)29-23(32)20(13-16-5-3-2-4-6-16)27-21-19-14-17(25)7-8-18(19)22(31)28-21/h7-8,14,16,20H,2-6,9-13H2,1H3,(H,29,32)(H,27,28,31). The first-order chi connectivity index (χ1) is 15.4. The molecular formula is C24H30FN5O2. The average Bonchev–Trinajstić information content (AvgIpc) is 3.10. The lowest BCUT2D eigenvalue weighted by Crippen LogP contribution is -2.56. The molecule has 170 valence electrons. The van der Waals surface area contributed by atoms with E-state index in [0.29, 0.717) is 36.3 Å². The number of hydrogen-bond acceptors (Lipinski definition) is 5. The van der Waals surface area contributed by atoms with Crippen molar-refractivity contribution in [1.29, 1.82) is 5.26 Å². The number of aliphatic imine (C=N–C) groups is 1. The number of hydrogen-bond donors (Lipinski definition) is 2. The van der Waals surface area contributed by atoms with Gasteiger partial charge in [-0.05, 0) is 50.4 Å². The summed E-state index contributed by atoms with van der Waals surface area (Å²) in [4.78, 5) is 32.5. The minimum absolute atomic E-state index is 0.231. The molecule has 1 saturated carbocycles. The number of nitrogens with zero attached hydrogens (tertiary/aromatic N) is 3. The van der Waals surface area contributed by atoms with Crippen LogP contribution in [0.3, 0.4) is 0 Å². The topological polar surface area (TPSA) is 97.6 Å².